The monoisotopic (exact) mass is 436 g/mol. The molecule has 1 aromatic carbocycles. The van der Waals surface area contributed by atoms with Gasteiger partial charge in [-0.05, 0) is 31.2 Å². The van der Waals surface area contributed by atoms with Gasteiger partial charge in [0, 0.05) is 24.9 Å². The summed E-state index contributed by atoms with van der Waals surface area (Å²) in [7, 11) is 1.85. The summed E-state index contributed by atoms with van der Waals surface area (Å²) in [6, 6.07) is 7.52. The zero-order valence-corrected chi connectivity index (χ0v) is 17.6. The smallest absolute Gasteiger partial charge is 0.243 e. The third-order valence-corrected chi connectivity index (χ3v) is 4.18. The van der Waals surface area contributed by atoms with E-state index in [1.165, 1.54) is 0 Å². The first-order valence-electron chi connectivity index (χ1n) is 9.85. The van der Waals surface area contributed by atoms with Gasteiger partial charge >= 0.3 is 0 Å². The Morgan fingerprint density at radius 2 is 1.32 bits per heavy atom. The van der Waals surface area contributed by atoms with Crippen LogP contribution in [-0.4, -0.2) is 76.1 Å². The SMILES string of the molecule is CNC(CN)Cc1ccc(NC(=O)CNC(=O)CNC(=O)CNC(=O)CNCN)cc1. The molecule has 1 rings (SSSR count). The summed E-state index contributed by atoms with van der Waals surface area (Å²) in [4.78, 5) is 46.6. The van der Waals surface area contributed by atoms with Crippen LogP contribution in [0.2, 0.25) is 0 Å². The van der Waals surface area contributed by atoms with E-state index >= 15 is 0 Å². The molecule has 0 saturated carbocycles. The number of anilines is 1. The van der Waals surface area contributed by atoms with E-state index in [1.54, 1.807) is 12.1 Å². The molecule has 10 N–H and O–H groups in total. The minimum atomic E-state index is -0.533. The Kier molecular flexibility index (Phi) is 12.4. The van der Waals surface area contributed by atoms with Crippen molar-refractivity contribution in [2.24, 2.45) is 11.5 Å². The summed E-state index contributed by atoms with van der Waals surface area (Å²) >= 11 is 0. The van der Waals surface area contributed by atoms with Crippen LogP contribution in [0.1, 0.15) is 5.56 Å². The fourth-order valence-electron chi connectivity index (χ4n) is 2.43. The standard InChI is InChI=1S/C19H32N8O4/c1-22-15(7-20)6-13-2-4-14(5-3-13)27-19(31)11-26-18(30)10-25-17(29)9-24-16(28)8-23-12-21/h2-5,15,22-23H,6-12,20-21H2,1H3,(H,24,28)(H,25,29)(H,26,30)(H,27,31). The summed E-state index contributed by atoms with van der Waals surface area (Å²) in [5.74, 6) is -1.86. The van der Waals surface area contributed by atoms with E-state index < -0.39 is 23.6 Å². The lowest BCUT2D eigenvalue weighted by molar-refractivity contribution is -0.128. The molecule has 0 aliphatic heterocycles. The number of amides is 4. The third-order valence-electron chi connectivity index (χ3n) is 4.18. The van der Waals surface area contributed by atoms with Crippen LogP contribution in [0, 0.1) is 0 Å². The van der Waals surface area contributed by atoms with Gasteiger partial charge in [-0.15, -0.1) is 0 Å². The predicted octanol–water partition coefficient (Wildman–Crippen LogP) is -3.43. The van der Waals surface area contributed by atoms with E-state index in [0.29, 0.717) is 12.2 Å². The molecule has 0 fully saturated rings. The van der Waals surface area contributed by atoms with Crippen molar-refractivity contribution in [2.45, 2.75) is 12.5 Å². The topological polar surface area (TPSA) is 192 Å². The van der Waals surface area contributed by atoms with Crippen LogP contribution in [0.15, 0.2) is 24.3 Å². The van der Waals surface area contributed by atoms with Crippen LogP contribution < -0.4 is 43.4 Å². The molecule has 0 bridgehead atoms. The number of rotatable bonds is 14. The van der Waals surface area contributed by atoms with Crippen molar-refractivity contribution < 1.29 is 19.2 Å². The van der Waals surface area contributed by atoms with Crippen molar-refractivity contribution in [1.29, 1.82) is 0 Å². The molecule has 0 heterocycles. The lowest BCUT2D eigenvalue weighted by atomic mass is 10.1. The molecule has 1 atom stereocenters. The Hall–Kier alpha value is -3.06. The fraction of sp³-hybridized carbons (Fsp3) is 0.474. The van der Waals surface area contributed by atoms with Gasteiger partial charge in [0.15, 0.2) is 0 Å². The van der Waals surface area contributed by atoms with Crippen LogP contribution in [-0.2, 0) is 25.6 Å². The molecule has 12 nitrogen and oxygen atoms in total. The Morgan fingerprint density at radius 3 is 1.81 bits per heavy atom. The molecule has 0 radical (unpaired) electrons. The lowest BCUT2D eigenvalue weighted by Crippen LogP contribution is -2.45. The molecule has 1 aromatic rings. The fourth-order valence-corrected chi connectivity index (χ4v) is 2.43. The Labute approximate surface area is 181 Å². The highest BCUT2D eigenvalue weighted by Gasteiger charge is 2.10. The normalized spacial score (nSPS) is 11.3. The third kappa shape index (κ3) is 11.6. The number of benzene rings is 1. The maximum Gasteiger partial charge on any atom is 0.243 e. The maximum absolute atomic E-state index is 12.0. The number of carbonyl (C=O) groups is 4. The summed E-state index contributed by atoms with van der Waals surface area (Å²) in [5.41, 5.74) is 12.5. The molecule has 0 aliphatic rings. The first-order valence-corrected chi connectivity index (χ1v) is 9.85. The number of hydrogen-bond donors (Lipinski definition) is 8. The second-order valence-corrected chi connectivity index (χ2v) is 6.63. The molecule has 0 saturated heterocycles. The van der Waals surface area contributed by atoms with Crippen LogP contribution in [0.5, 0.6) is 0 Å². The van der Waals surface area contributed by atoms with Crippen LogP contribution >= 0.6 is 0 Å². The second-order valence-electron chi connectivity index (χ2n) is 6.63. The lowest BCUT2D eigenvalue weighted by Gasteiger charge is -2.14. The average molecular weight is 437 g/mol. The van der Waals surface area contributed by atoms with Gasteiger partial charge < -0.3 is 38.1 Å². The highest BCUT2D eigenvalue weighted by Crippen LogP contribution is 2.11. The minimum absolute atomic E-state index is 0.00767. The molecule has 1 unspecified atom stereocenters. The molecular formula is C19H32N8O4. The number of carbonyl (C=O) groups excluding carboxylic acids is 4. The van der Waals surface area contributed by atoms with E-state index in [9.17, 15) is 19.2 Å². The zero-order chi connectivity index (χ0) is 23.1. The van der Waals surface area contributed by atoms with Gasteiger partial charge in [0.1, 0.15) is 0 Å². The highest BCUT2D eigenvalue weighted by atomic mass is 16.2. The maximum atomic E-state index is 12.0. The quantitative estimate of drug-likeness (QED) is 0.138. The van der Waals surface area contributed by atoms with Gasteiger partial charge in [0.05, 0.1) is 26.2 Å². The summed E-state index contributed by atoms with van der Waals surface area (Å²) in [6.45, 7) is -0.166. The number of hydrogen-bond acceptors (Lipinski definition) is 8. The van der Waals surface area contributed by atoms with E-state index in [4.69, 9.17) is 11.5 Å². The summed E-state index contributed by atoms with van der Waals surface area (Å²) in [6.07, 6.45) is 0.775. The zero-order valence-electron chi connectivity index (χ0n) is 17.6. The largest absolute Gasteiger partial charge is 0.346 e. The van der Waals surface area contributed by atoms with Gasteiger partial charge in [-0.2, -0.15) is 0 Å². The number of likely N-dealkylation sites (N-methyl/N-ethyl adjacent to an activating group) is 1. The van der Waals surface area contributed by atoms with Gasteiger partial charge in [-0.3, -0.25) is 24.5 Å². The van der Waals surface area contributed by atoms with Crippen molar-refractivity contribution in [3.8, 4) is 0 Å². The first kappa shape index (κ1) is 26.0. The Balaban J connectivity index is 2.26. The van der Waals surface area contributed by atoms with E-state index in [0.717, 1.165) is 12.0 Å². The van der Waals surface area contributed by atoms with Crippen LogP contribution in [0.25, 0.3) is 0 Å². The number of nitrogens with one attached hydrogen (secondary N) is 6. The van der Waals surface area contributed by atoms with Gasteiger partial charge in [-0.1, -0.05) is 12.1 Å². The minimum Gasteiger partial charge on any atom is -0.346 e. The number of nitrogens with two attached hydrogens (primary N) is 2. The molecular weight excluding hydrogens is 404 g/mol. The van der Waals surface area contributed by atoms with Crippen molar-refractivity contribution >= 4 is 29.3 Å². The highest BCUT2D eigenvalue weighted by molar-refractivity contribution is 5.95. The van der Waals surface area contributed by atoms with Crippen molar-refractivity contribution in [1.82, 2.24) is 26.6 Å². The molecule has 172 valence electrons. The summed E-state index contributed by atoms with van der Waals surface area (Å²) < 4.78 is 0. The Bertz CT molecular complexity index is 722. The molecule has 0 aliphatic carbocycles. The van der Waals surface area contributed by atoms with Gasteiger partial charge in [0.2, 0.25) is 23.6 Å². The van der Waals surface area contributed by atoms with Crippen LogP contribution in [0.4, 0.5) is 5.69 Å². The van der Waals surface area contributed by atoms with E-state index in [2.05, 4.69) is 31.9 Å². The summed E-state index contributed by atoms with van der Waals surface area (Å²) in [5, 5.41) is 15.5. The van der Waals surface area contributed by atoms with Gasteiger partial charge in [-0.25, -0.2) is 0 Å². The molecule has 4 amide bonds. The van der Waals surface area contributed by atoms with Crippen molar-refractivity contribution in [2.75, 3.05) is 51.8 Å². The average Bonchev–Trinajstić information content (AvgIpc) is 2.78. The van der Waals surface area contributed by atoms with Crippen molar-refractivity contribution in [3.05, 3.63) is 29.8 Å². The molecule has 0 spiro atoms. The van der Waals surface area contributed by atoms with Crippen molar-refractivity contribution in [3.63, 3.8) is 0 Å². The molecule has 31 heavy (non-hydrogen) atoms. The first-order chi connectivity index (χ1) is 14.9. The molecule has 0 aromatic heterocycles. The predicted molar refractivity (Wildman–Crippen MR) is 117 cm³/mol. The van der Waals surface area contributed by atoms with Gasteiger partial charge in [0.25, 0.3) is 0 Å². The van der Waals surface area contributed by atoms with E-state index in [1.807, 2.05) is 19.2 Å². The van der Waals surface area contributed by atoms with Crippen LogP contribution in [0.3, 0.4) is 0 Å². The second kappa shape index (κ2) is 14.8. The van der Waals surface area contributed by atoms with E-state index in [-0.39, 0.29) is 38.9 Å². The Morgan fingerprint density at radius 1 is 0.806 bits per heavy atom. The molecule has 12 heteroatoms.